The molecule has 0 aromatic heterocycles. The lowest BCUT2D eigenvalue weighted by atomic mass is 9.66. The maximum absolute atomic E-state index is 2.56. The number of halogens is 1. The standard InChI is InChI=1S/C66H51I/c1-44-30-32-45(33-31-44)57-43-62-58(54-35-34-51(64(2,3)4)41-61(54)65(62,48-19-8-5-9-20-48)49-21-10-6-11-22-49)42-56(57)47-18-16-25-52(40-47)66(50-23-12-7-13-24-50)59-28-15-14-26-55(59)63-53(27-17-29-60(63)66)46-36-38-67-39-37-46/h5-43H,1-4H3. The van der Waals surface area contributed by atoms with Crippen molar-refractivity contribution in [2.45, 2.75) is 43.9 Å². The topological polar surface area (TPSA) is 0 Å². The third kappa shape index (κ3) is 6.42. The van der Waals surface area contributed by atoms with Gasteiger partial charge in [0, 0.05) is 0 Å². The molecule has 0 saturated carbocycles. The molecule has 3 aliphatic rings. The third-order valence-electron chi connectivity index (χ3n) is 14.7. The Morgan fingerprint density at radius 2 is 0.955 bits per heavy atom. The van der Waals surface area contributed by atoms with Gasteiger partial charge in [0.1, 0.15) is 0 Å². The lowest BCUT2D eigenvalue weighted by Crippen LogP contribution is -2.29. The van der Waals surface area contributed by atoms with E-state index in [0.717, 1.165) is 0 Å². The van der Waals surface area contributed by atoms with Crippen molar-refractivity contribution in [2.24, 2.45) is 0 Å². The van der Waals surface area contributed by atoms with Crippen LogP contribution in [0.5, 0.6) is 0 Å². The molecular weight excluding hydrogens is 920 g/mol. The van der Waals surface area contributed by atoms with Crippen molar-refractivity contribution in [3.63, 3.8) is 0 Å². The van der Waals surface area contributed by atoms with Gasteiger partial charge in [0.05, 0.1) is 10.8 Å². The van der Waals surface area contributed by atoms with Gasteiger partial charge < -0.3 is 0 Å². The highest BCUT2D eigenvalue weighted by Crippen LogP contribution is 2.61. The number of hydrogen-bond donors (Lipinski definition) is 0. The van der Waals surface area contributed by atoms with Crippen molar-refractivity contribution in [3.8, 4) is 44.5 Å². The van der Waals surface area contributed by atoms with Crippen molar-refractivity contribution < 1.29 is 0 Å². The normalized spacial score (nSPS) is 16.3. The van der Waals surface area contributed by atoms with Crippen molar-refractivity contribution in [2.75, 3.05) is 0 Å². The summed E-state index contributed by atoms with van der Waals surface area (Å²) in [7, 11) is 0. The van der Waals surface area contributed by atoms with E-state index >= 15 is 0 Å². The van der Waals surface area contributed by atoms with Gasteiger partial charge in [-0.1, -0.05) is 241 Å². The fourth-order valence-electron chi connectivity index (χ4n) is 11.7. The number of aryl methyl sites for hydroxylation is 1. The zero-order chi connectivity index (χ0) is 45.3. The van der Waals surface area contributed by atoms with Crippen LogP contribution < -0.4 is 0 Å². The lowest BCUT2D eigenvalue weighted by Gasteiger charge is -2.35. The highest BCUT2D eigenvalue weighted by Gasteiger charge is 2.49. The minimum absolute atomic E-state index is 0.0295. The number of allylic oxidation sites excluding steroid dienone is 3. The second-order valence-electron chi connectivity index (χ2n) is 19.4. The van der Waals surface area contributed by atoms with Gasteiger partial charge in [0.2, 0.25) is 0 Å². The van der Waals surface area contributed by atoms with E-state index in [1.165, 1.54) is 111 Å². The molecule has 2 aliphatic carbocycles. The van der Waals surface area contributed by atoms with Crippen LogP contribution in [0.3, 0.4) is 0 Å². The molecule has 12 rings (SSSR count). The molecule has 9 aromatic carbocycles. The van der Waals surface area contributed by atoms with Crippen molar-refractivity contribution >= 4 is 30.3 Å². The molecule has 0 radical (unpaired) electrons. The number of benzene rings is 9. The van der Waals surface area contributed by atoms with Gasteiger partial charge in [-0.05, 0) is 156 Å². The minimum atomic E-state index is -0.554. The Kier molecular flexibility index (Phi) is 9.99. The SMILES string of the molecule is Cc1ccc(-c2cc3c(cc2-c2cccc(C4(c5ccccc5)c5ccccc5-c5c(C6=CC=IC=C6)cccc54)c2)-c2ccc(C(C)(C)C)cc2C3(c2ccccc2)c2ccccc2)cc1. The van der Waals surface area contributed by atoms with E-state index in [9.17, 15) is 0 Å². The summed E-state index contributed by atoms with van der Waals surface area (Å²) < 4.78 is 4.77. The van der Waals surface area contributed by atoms with Crippen LogP contribution in [0.1, 0.15) is 82.0 Å². The van der Waals surface area contributed by atoms with E-state index in [-0.39, 0.29) is 26.1 Å². The molecule has 0 N–H and O–H groups in total. The second-order valence-corrected chi connectivity index (χ2v) is 21.6. The molecule has 0 fully saturated rings. The first-order valence-corrected chi connectivity index (χ1v) is 26.0. The molecule has 322 valence electrons. The van der Waals surface area contributed by atoms with Crippen LogP contribution in [0.25, 0.3) is 50.1 Å². The molecule has 1 heteroatoms. The Morgan fingerprint density at radius 3 is 1.61 bits per heavy atom. The summed E-state index contributed by atoms with van der Waals surface area (Å²) in [5.41, 5.74) is 24.5. The van der Waals surface area contributed by atoms with E-state index < -0.39 is 10.8 Å². The Labute approximate surface area is 405 Å². The molecule has 1 atom stereocenters. The fourth-order valence-corrected chi connectivity index (χ4v) is 13.1. The van der Waals surface area contributed by atoms with Crippen molar-refractivity contribution in [1.82, 2.24) is 0 Å². The van der Waals surface area contributed by atoms with Crippen LogP contribution in [0.15, 0.2) is 229 Å². The maximum atomic E-state index is 2.56. The summed E-state index contributed by atoms with van der Waals surface area (Å²) in [6, 6.07) is 81.0. The average molecular weight is 971 g/mol. The molecule has 1 heterocycles. The van der Waals surface area contributed by atoms with Crippen LogP contribution >= 0.6 is 20.7 Å². The molecule has 0 nitrogen and oxygen atoms in total. The van der Waals surface area contributed by atoms with Crippen LogP contribution in [-0.4, -0.2) is 4.01 Å². The molecule has 0 saturated heterocycles. The van der Waals surface area contributed by atoms with Gasteiger partial charge in [-0.2, -0.15) is 0 Å². The second kappa shape index (κ2) is 16.1. The predicted octanol–water partition coefficient (Wildman–Crippen LogP) is 17.0. The van der Waals surface area contributed by atoms with Gasteiger partial charge in [-0.25, -0.2) is 0 Å². The molecule has 1 aliphatic heterocycles. The minimum Gasteiger partial charge on any atom is -0.0937 e. The van der Waals surface area contributed by atoms with Crippen LogP contribution in [0, 0.1) is 6.92 Å². The molecule has 1 unspecified atom stereocenters. The zero-order valence-electron chi connectivity index (χ0n) is 38.4. The van der Waals surface area contributed by atoms with Gasteiger partial charge in [0.15, 0.2) is 0 Å². The van der Waals surface area contributed by atoms with Crippen molar-refractivity contribution in [1.29, 1.82) is 0 Å². The highest BCUT2D eigenvalue weighted by atomic mass is 127. The first-order chi connectivity index (χ1) is 32.8. The Bertz CT molecular complexity index is 3430. The van der Waals surface area contributed by atoms with Gasteiger partial charge >= 0.3 is 0 Å². The summed E-state index contributed by atoms with van der Waals surface area (Å²) in [5, 5.41) is 0. The summed E-state index contributed by atoms with van der Waals surface area (Å²) in [6.07, 6.45) is 4.70. The zero-order valence-corrected chi connectivity index (χ0v) is 40.6. The molecule has 9 aromatic rings. The monoisotopic (exact) mass is 970 g/mol. The summed E-state index contributed by atoms with van der Waals surface area (Å²) in [5.74, 6) is 0. The Hall–Kier alpha value is -6.94. The van der Waals surface area contributed by atoms with E-state index in [4.69, 9.17) is 0 Å². The van der Waals surface area contributed by atoms with Gasteiger partial charge in [-0.15, -0.1) is 0 Å². The molecule has 67 heavy (non-hydrogen) atoms. The van der Waals surface area contributed by atoms with Crippen LogP contribution in [-0.2, 0) is 16.2 Å². The van der Waals surface area contributed by atoms with Crippen LogP contribution in [0.2, 0.25) is 0 Å². The molecule has 0 amide bonds. The van der Waals surface area contributed by atoms with E-state index in [0.29, 0.717) is 0 Å². The predicted molar refractivity (Wildman–Crippen MR) is 293 cm³/mol. The quantitative estimate of drug-likeness (QED) is 0.140. The Balaban J connectivity index is 1.17. The maximum Gasteiger partial charge on any atom is 0.0714 e. The van der Waals surface area contributed by atoms with E-state index in [2.05, 4.69) is 260 Å². The summed E-state index contributed by atoms with van der Waals surface area (Å²) in [4.78, 5) is 0. The summed E-state index contributed by atoms with van der Waals surface area (Å²) >= 11 is -0.0405. The highest BCUT2D eigenvalue weighted by molar-refractivity contribution is 14.2. The average Bonchev–Trinajstić information content (AvgIpc) is 3.85. The fraction of sp³-hybridized carbons (Fsp3) is 0.106. The van der Waals surface area contributed by atoms with E-state index in [1.54, 1.807) is 0 Å². The Morgan fingerprint density at radius 1 is 0.388 bits per heavy atom. The van der Waals surface area contributed by atoms with Gasteiger partial charge in [-0.3, -0.25) is 0 Å². The van der Waals surface area contributed by atoms with Gasteiger partial charge in [0.25, 0.3) is 0 Å². The lowest BCUT2D eigenvalue weighted by molar-refractivity contribution is 0.588. The van der Waals surface area contributed by atoms with Crippen molar-refractivity contribution in [3.05, 3.63) is 290 Å². The molecular formula is C66H51I. The van der Waals surface area contributed by atoms with Crippen LogP contribution in [0.4, 0.5) is 0 Å². The number of hydrogen-bond acceptors (Lipinski definition) is 0. The smallest absolute Gasteiger partial charge is 0.0714 e. The molecule has 0 spiro atoms. The van der Waals surface area contributed by atoms with E-state index in [1.807, 2.05) is 0 Å². The first kappa shape index (κ1) is 41.5. The number of rotatable bonds is 7. The number of fused-ring (bicyclic) bond motifs is 6. The third-order valence-corrected chi connectivity index (χ3v) is 16.3. The largest absolute Gasteiger partial charge is 0.0937 e. The molecule has 0 bridgehead atoms. The first-order valence-electron chi connectivity index (χ1n) is 23.5. The summed E-state index contributed by atoms with van der Waals surface area (Å²) in [6.45, 7) is 9.18.